The zero-order valence-electron chi connectivity index (χ0n) is 12.0. The largest absolute Gasteiger partial charge is 0.383 e. The van der Waals surface area contributed by atoms with E-state index in [1.54, 1.807) is 7.11 Å². The Morgan fingerprint density at radius 3 is 2.61 bits per heavy atom. The van der Waals surface area contributed by atoms with Crippen LogP contribution < -0.4 is 11.3 Å². The smallest absolute Gasteiger partial charge is 0.208 e. The summed E-state index contributed by atoms with van der Waals surface area (Å²) in [5.74, 6) is 6.44. The van der Waals surface area contributed by atoms with Crippen LogP contribution in [0.2, 0.25) is 0 Å². The number of likely N-dealkylation sites (N-methyl/N-ethyl adjacent to an activating group) is 1. The van der Waals surface area contributed by atoms with E-state index in [9.17, 15) is 0 Å². The van der Waals surface area contributed by atoms with Crippen molar-refractivity contribution in [2.24, 2.45) is 10.8 Å². The van der Waals surface area contributed by atoms with E-state index in [1.807, 2.05) is 0 Å². The fraction of sp³-hybridized carbons (Fsp3) is 0.923. The molecule has 1 unspecified atom stereocenters. The molecule has 0 saturated heterocycles. The minimum absolute atomic E-state index is 0.276. The van der Waals surface area contributed by atoms with Crippen molar-refractivity contribution in [2.45, 2.75) is 58.0 Å². The van der Waals surface area contributed by atoms with Gasteiger partial charge in [-0.3, -0.25) is 5.43 Å². The van der Waals surface area contributed by atoms with Crippen LogP contribution in [0.4, 0.5) is 0 Å². The van der Waals surface area contributed by atoms with Gasteiger partial charge < -0.3 is 9.64 Å². The van der Waals surface area contributed by atoms with Gasteiger partial charge in [-0.2, -0.15) is 0 Å². The third kappa shape index (κ3) is 4.46. The SMILES string of the molecule is CCN(C(=NC1CCCCC1)NN)C(C)COC. The topological polar surface area (TPSA) is 62.9 Å². The Hall–Kier alpha value is -0.810. The van der Waals surface area contributed by atoms with Crippen molar-refractivity contribution < 1.29 is 4.74 Å². The molecule has 0 bridgehead atoms. The Morgan fingerprint density at radius 2 is 2.11 bits per heavy atom. The van der Waals surface area contributed by atoms with Crippen molar-refractivity contribution in [1.82, 2.24) is 10.3 Å². The highest BCUT2D eigenvalue weighted by molar-refractivity contribution is 5.79. The summed E-state index contributed by atoms with van der Waals surface area (Å²) in [6.45, 7) is 5.79. The number of hydrogen-bond donors (Lipinski definition) is 2. The summed E-state index contributed by atoms with van der Waals surface area (Å²) in [7, 11) is 1.72. The van der Waals surface area contributed by atoms with Crippen LogP contribution in [0.25, 0.3) is 0 Å². The Kier molecular flexibility index (Phi) is 7.05. The lowest BCUT2D eigenvalue weighted by atomic mass is 9.96. The van der Waals surface area contributed by atoms with E-state index < -0.39 is 0 Å². The fourth-order valence-electron chi connectivity index (χ4n) is 2.58. The molecule has 0 aliphatic heterocycles. The second-order valence-corrected chi connectivity index (χ2v) is 4.98. The van der Waals surface area contributed by atoms with Crippen molar-refractivity contribution in [3.8, 4) is 0 Å². The average molecular weight is 256 g/mol. The number of ether oxygens (including phenoxy) is 1. The quantitative estimate of drug-likeness (QED) is 0.339. The normalized spacial score (nSPS) is 19.7. The van der Waals surface area contributed by atoms with E-state index in [0.717, 1.165) is 12.5 Å². The average Bonchev–Trinajstić information content (AvgIpc) is 2.40. The second-order valence-electron chi connectivity index (χ2n) is 4.98. The maximum atomic E-state index is 5.64. The number of nitrogens with one attached hydrogen (secondary N) is 1. The van der Waals surface area contributed by atoms with Crippen molar-refractivity contribution in [2.75, 3.05) is 20.3 Å². The molecular weight excluding hydrogens is 228 g/mol. The summed E-state index contributed by atoms with van der Waals surface area (Å²) >= 11 is 0. The number of methoxy groups -OCH3 is 1. The van der Waals surface area contributed by atoms with E-state index >= 15 is 0 Å². The van der Waals surface area contributed by atoms with E-state index in [-0.39, 0.29) is 6.04 Å². The van der Waals surface area contributed by atoms with Gasteiger partial charge in [-0.25, -0.2) is 10.8 Å². The number of aliphatic imine (C=N–C) groups is 1. The van der Waals surface area contributed by atoms with Gasteiger partial charge in [0.25, 0.3) is 0 Å². The molecule has 5 nitrogen and oxygen atoms in total. The van der Waals surface area contributed by atoms with Gasteiger partial charge in [0.05, 0.1) is 18.7 Å². The number of nitrogens with zero attached hydrogens (tertiary/aromatic N) is 2. The first-order valence-corrected chi connectivity index (χ1v) is 7.02. The summed E-state index contributed by atoms with van der Waals surface area (Å²) in [5.41, 5.74) is 2.76. The number of nitrogens with two attached hydrogens (primary N) is 1. The van der Waals surface area contributed by atoms with Gasteiger partial charge in [0.1, 0.15) is 0 Å². The Balaban J connectivity index is 2.68. The zero-order chi connectivity index (χ0) is 13.4. The lowest BCUT2D eigenvalue weighted by Crippen LogP contribution is -2.50. The summed E-state index contributed by atoms with van der Waals surface area (Å²) in [5, 5.41) is 0. The Labute approximate surface area is 111 Å². The predicted octanol–water partition coefficient (Wildman–Crippen LogP) is 1.50. The predicted molar refractivity (Wildman–Crippen MR) is 75.3 cm³/mol. The van der Waals surface area contributed by atoms with Crippen LogP contribution in [-0.2, 0) is 4.74 Å². The van der Waals surface area contributed by atoms with Crippen LogP contribution >= 0.6 is 0 Å². The van der Waals surface area contributed by atoms with Crippen LogP contribution in [0, 0.1) is 0 Å². The Morgan fingerprint density at radius 1 is 1.44 bits per heavy atom. The third-order valence-electron chi connectivity index (χ3n) is 3.56. The molecule has 3 N–H and O–H groups in total. The summed E-state index contributed by atoms with van der Waals surface area (Å²) in [6.07, 6.45) is 6.27. The van der Waals surface area contributed by atoms with Crippen LogP contribution in [-0.4, -0.2) is 43.2 Å². The third-order valence-corrected chi connectivity index (χ3v) is 3.56. The van der Waals surface area contributed by atoms with Crippen molar-refractivity contribution in [3.63, 3.8) is 0 Å². The monoisotopic (exact) mass is 256 g/mol. The van der Waals surface area contributed by atoms with Gasteiger partial charge in [-0.1, -0.05) is 19.3 Å². The first-order chi connectivity index (χ1) is 8.72. The van der Waals surface area contributed by atoms with E-state index in [4.69, 9.17) is 15.6 Å². The molecule has 0 aromatic carbocycles. The lowest BCUT2D eigenvalue weighted by molar-refractivity contribution is 0.136. The first kappa shape index (κ1) is 15.2. The molecule has 1 atom stereocenters. The molecule has 0 spiro atoms. The van der Waals surface area contributed by atoms with Crippen LogP contribution in [0.5, 0.6) is 0 Å². The minimum atomic E-state index is 0.276. The molecule has 1 fully saturated rings. The highest BCUT2D eigenvalue weighted by Crippen LogP contribution is 2.20. The van der Waals surface area contributed by atoms with Crippen LogP contribution in [0.1, 0.15) is 46.0 Å². The molecule has 1 aliphatic carbocycles. The molecule has 0 aromatic rings. The molecule has 0 heterocycles. The molecule has 1 rings (SSSR count). The highest BCUT2D eigenvalue weighted by Gasteiger charge is 2.19. The summed E-state index contributed by atoms with van der Waals surface area (Å²) in [4.78, 5) is 6.94. The van der Waals surface area contributed by atoms with Gasteiger partial charge in [0, 0.05) is 13.7 Å². The van der Waals surface area contributed by atoms with Crippen molar-refractivity contribution >= 4 is 5.96 Å². The zero-order valence-corrected chi connectivity index (χ0v) is 12.0. The molecule has 106 valence electrons. The number of hydrogen-bond acceptors (Lipinski definition) is 3. The van der Waals surface area contributed by atoms with Crippen molar-refractivity contribution in [3.05, 3.63) is 0 Å². The number of rotatable bonds is 5. The second kappa shape index (κ2) is 8.32. The van der Waals surface area contributed by atoms with Gasteiger partial charge in [-0.05, 0) is 26.7 Å². The van der Waals surface area contributed by atoms with E-state index in [2.05, 4.69) is 24.2 Å². The summed E-state index contributed by atoms with van der Waals surface area (Å²) < 4.78 is 5.21. The molecular formula is C13H28N4O. The Bertz CT molecular complexity index is 251. The number of hydrazine groups is 1. The van der Waals surface area contributed by atoms with Gasteiger partial charge in [0.15, 0.2) is 0 Å². The standard InChI is InChI=1S/C13H28N4O/c1-4-17(11(2)10-18-3)13(16-14)15-12-8-6-5-7-9-12/h11-12H,4-10,14H2,1-3H3,(H,15,16). The molecule has 0 radical (unpaired) electrons. The van der Waals surface area contributed by atoms with Crippen molar-refractivity contribution in [1.29, 1.82) is 0 Å². The maximum Gasteiger partial charge on any atom is 0.208 e. The molecule has 1 saturated carbocycles. The molecule has 1 aliphatic rings. The minimum Gasteiger partial charge on any atom is -0.383 e. The van der Waals surface area contributed by atoms with Crippen LogP contribution in [0.3, 0.4) is 0 Å². The van der Waals surface area contributed by atoms with Gasteiger partial charge in [-0.15, -0.1) is 0 Å². The fourth-order valence-corrected chi connectivity index (χ4v) is 2.58. The lowest BCUT2D eigenvalue weighted by Gasteiger charge is -2.31. The van der Waals surface area contributed by atoms with Gasteiger partial charge in [0.2, 0.25) is 5.96 Å². The number of guanidine groups is 1. The molecule has 0 amide bonds. The molecule has 5 heteroatoms. The maximum absolute atomic E-state index is 5.64. The first-order valence-electron chi connectivity index (χ1n) is 7.02. The van der Waals surface area contributed by atoms with E-state index in [1.165, 1.54) is 32.1 Å². The van der Waals surface area contributed by atoms with E-state index in [0.29, 0.717) is 12.6 Å². The highest BCUT2D eigenvalue weighted by atomic mass is 16.5. The molecule has 0 aromatic heterocycles. The van der Waals surface area contributed by atoms with Crippen LogP contribution in [0.15, 0.2) is 4.99 Å². The van der Waals surface area contributed by atoms with Gasteiger partial charge >= 0.3 is 0 Å². The molecule has 18 heavy (non-hydrogen) atoms. The summed E-state index contributed by atoms with van der Waals surface area (Å²) in [6, 6.07) is 0.701.